The van der Waals surface area contributed by atoms with Crippen molar-refractivity contribution in [1.29, 1.82) is 0 Å². The standard InChI is InChI=1S/C29H29N3O3/c1-29(2,3)19-13-11-18(12-14-19)28(33)30-20-15-16-25-24(17-20)21-8-6-9-22(21)27(31-25)23-7-4-5-10-26(23)32(34)35/h4-8,10-17,21-22,27,31H,9H2,1-3H3,(H,30,33). The van der Waals surface area contributed by atoms with Crippen LogP contribution in [-0.4, -0.2) is 10.8 Å². The molecule has 0 saturated carbocycles. The van der Waals surface area contributed by atoms with Gasteiger partial charge >= 0.3 is 0 Å². The maximum Gasteiger partial charge on any atom is 0.274 e. The van der Waals surface area contributed by atoms with Crippen molar-refractivity contribution in [1.82, 2.24) is 0 Å². The number of nitrogens with zero attached hydrogens (tertiary/aromatic N) is 1. The zero-order valence-corrected chi connectivity index (χ0v) is 20.1. The summed E-state index contributed by atoms with van der Waals surface area (Å²) in [5, 5.41) is 18.2. The van der Waals surface area contributed by atoms with Gasteiger partial charge in [-0.05, 0) is 59.2 Å². The summed E-state index contributed by atoms with van der Waals surface area (Å²) in [4.78, 5) is 24.3. The minimum Gasteiger partial charge on any atom is -0.377 e. The molecule has 0 spiro atoms. The average molecular weight is 468 g/mol. The quantitative estimate of drug-likeness (QED) is 0.246. The molecular formula is C29H29N3O3. The van der Waals surface area contributed by atoms with Gasteiger partial charge in [0.25, 0.3) is 11.6 Å². The summed E-state index contributed by atoms with van der Waals surface area (Å²) in [6.07, 6.45) is 5.17. The molecule has 2 N–H and O–H groups in total. The number of allylic oxidation sites excluding steroid dienone is 2. The Labute approximate surface area is 205 Å². The monoisotopic (exact) mass is 467 g/mol. The molecular weight excluding hydrogens is 438 g/mol. The molecule has 35 heavy (non-hydrogen) atoms. The van der Waals surface area contributed by atoms with Gasteiger partial charge in [0, 0.05) is 28.9 Å². The first-order valence-electron chi connectivity index (χ1n) is 11.9. The topological polar surface area (TPSA) is 84.3 Å². The van der Waals surface area contributed by atoms with E-state index in [1.54, 1.807) is 12.1 Å². The number of rotatable bonds is 4. The van der Waals surface area contributed by atoms with Crippen molar-refractivity contribution in [3.8, 4) is 0 Å². The SMILES string of the molecule is CC(C)(C)c1ccc(C(=O)Nc2ccc3c(c2)C2C=CCC2C(c2ccccc2[N+](=O)[O-])N3)cc1. The Kier molecular flexibility index (Phi) is 5.67. The summed E-state index contributed by atoms with van der Waals surface area (Å²) >= 11 is 0. The summed E-state index contributed by atoms with van der Waals surface area (Å²) in [5.74, 6) is 0.143. The summed E-state index contributed by atoms with van der Waals surface area (Å²) in [6.45, 7) is 6.44. The molecule has 1 amide bonds. The number of nitrogens with one attached hydrogen (secondary N) is 2. The Morgan fingerprint density at radius 1 is 1.03 bits per heavy atom. The van der Waals surface area contributed by atoms with Crippen LogP contribution in [0.15, 0.2) is 78.9 Å². The van der Waals surface area contributed by atoms with Crippen LogP contribution in [0, 0.1) is 16.0 Å². The first-order valence-corrected chi connectivity index (χ1v) is 11.9. The van der Waals surface area contributed by atoms with E-state index < -0.39 is 0 Å². The second kappa shape index (κ2) is 8.69. The van der Waals surface area contributed by atoms with Crippen molar-refractivity contribution in [2.45, 2.75) is 44.6 Å². The minimum absolute atomic E-state index is 0.0316. The van der Waals surface area contributed by atoms with Crippen LogP contribution >= 0.6 is 0 Å². The van der Waals surface area contributed by atoms with Crippen molar-refractivity contribution < 1.29 is 9.72 Å². The van der Waals surface area contributed by atoms with Crippen LogP contribution in [0.4, 0.5) is 17.1 Å². The first-order chi connectivity index (χ1) is 16.7. The van der Waals surface area contributed by atoms with E-state index in [1.807, 2.05) is 54.6 Å². The van der Waals surface area contributed by atoms with Crippen LogP contribution in [0.5, 0.6) is 0 Å². The lowest BCUT2D eigenvalue weighted by molar-refractivity contribution is -0.385. The number of benzene rings is 3. The third-order valence-electron chi connectivity index (χ3n) is 7.10. The fraction of sp³-hybridized carbons (Fsp3) is 0.276. The smallest absolute Gasteiger partial charge is 0.274 e. The van der Waals surface area contributed by atoms with Gasteiger partial charge in [-0.25, -0.2) is 0 Å². The van der Waals surface area contributed by atoms with Crippen molar-refractivity contribution in [3.63, 3.8) is 0 Å². The van der Waals surface area contributed by atoms with Gasteiger partial charge in [0.15, 0.2) is 0 Å². The number of nitro groups is 1. The van der Waals surface area contributed by atoms with Gasteiger partial charge in [-0.15, -0.1) is 0 Å². The fourth-order valence-corrected chi connectivity index (χ4v) is 5.22. The van der Waals surface area contributed by atoms with E-state index in [0.29, 0.717) is 11.1 Å². The molecule has 0 radical (unpaired) electrons. The zero-order valence-electron chi connectivity index (χ0n) is 20.1. The molecule has 3 aromatic carbocycles. The largest absolute Gasteiger partial charge is 0.377 e. The molecule has 0 aromatic heterocycles. The summed E-state index contributed by atoms with van der Waals surface area (Å²) in [6, 6.07) is 20.4. The van der Waals surface area contributed by atoms with Crippen molar-refractivity contribution in [2.24, 2.45) is 5.92 Å². The minimum atomic E-state index is -0.309. The predicted octanol–water partition coefficient (Wildman–Crippen LogP) is 6.97. The Hall–Kier alpha value is -3.93. The molecule has 0 saturated heterocycles. The Balaban J connectivity index is 1.41. The first kappa shape index (κ1) is 22.8. The van der Waals surface area contributed by atoms with E-state index >= 15 is 0 Å². The second-order valence-electron chi connectivity index (χ2n) is 10.4. The van der Waals surface area contributed by atoms with Crippen LogP contribution in [0.3, 0.4) is 0 Å². The fourth-order valence-electron chi connectivity index (χ4n) is 5.22. The Morgan fingerprint density at radius 2 is 1.77 bits per heavy atom. The Bertz CT molecular complexity index is 1320. The number of amides is 1. The predicted molar refractivity (Wildman–Crippen MR) is 139 cm³/mol. The van der Waals surface area contributed by atoms with Gasteiger partial charge in [0.1, 0.15) is 0 Å². The highest BCUT2D eigenvalue weighted by Gasteiger charge is 2.40. The van der Waals surface area contributed by atoms with E-state index in [4.69, 9.17) is 0 Å². The molecule has 6 nitrogen and oxygen atoms in total. The molecule has 2 aliphatic rings. The Morgan fingerprint density at radius 3 is 2.49 bits per heavy atom. The number of fused-ring (bicyclic) bond motifs is 3. The molecule has 0 fully saturated rings. The van der Waals surface area contributed by atoms with Crippen LogP contribution in [0.25, 0.3) is 0 Å². The van der Waals surface area contributed by atoms with Crippen LogP contribution < -0.4 is 10.6 Å². The molecule has 3 atom stereocenters. The van der Waals surface area contributed by atoms with Gasteiger partial charge in [-0.3, -0.25) is 14.9 Å². The number of hydrogen-bond donors (Lipinski definition) is 2. The van der Waals surface area contributed by atoms with Gasteiger partial charge in [0.05, 0.1) is 16.5 Å². The summed E-state index contributed by atoms with van der Waals surface area (Å²) in [7, 11) is 0. The highest BCUT2D eigenvalue weighted by atomic mass is 16.6. The van der Waals surface area contributed by atoms with Crippen molar-refractivity contribution >= 4 is 23.0 Å². The highest BCUT2D eigenvalue weighted by Crippen LogP contribution is 2.51. The molecule has 0 bridgehead atoms. The second-order valence-corrected chi connectivity index (χ2v) is 10.4. The maximum atomic E-state index is 12.9. The third-order valence-corrected chi connectivity index (χ3v) is 7.10. The molecule has 1 aliphatic heterocycles. The molecule has 5 rings (SSSR count). The average Bonchev–Trinajstić information content (AvgIpc) is 3.33. The summed E-state index contributed by atoms with van der Waals surface area (Å²) < 4.78 is 0. The molecule has 1 heterocycles. The maximum absolute atomic E-state index is 12.9. The number of anilines is 2. The van der Waals surface area contributed by atoms with Crippen LogP contribution in [0.1, 0.15) is 66.2 Å². The van der Waals surface area contributed by atoms with E-state index in [1.165, 1.54) is 5.56 Å². The number of nitro benzene ring substituents is 1. The van der Waals surface area contributed by atoms with Gasteiger partial charge in [0.2, 0.25) is 0 Å². The number of para-hydroxylation sites is 1. The lowest BCUT2D eigenvalue weighted by atomic mass is 9.76. The molecule has 178 valence electrons. The van der Waals surface area contributed by atoms with E-state index in [-0.39, 0.29) is 39.8 Å². The van der Waals surface area contributed by atoms with E-state index in [2.05, 4.69) is 43.6 Å². The molecule has 1 aliphatic carbocycles. The normalized spacial score (nSPS) is 20.5. The van der Waals surface area contributed by atoms with Gasteiger partial charge in [-0.2, -0.15) is 0 Å². The van der Waals surface area contributed by atoms with E-state index in [9.17, 15) is 14.9 Å². The van der Waals surface area contributed by atoms with Crippen molar-refractivity contribution in [3.05, 3.63) is 111 Å². The van der Waals surface area contributed by atoms with Crippen LogP contribution in [0.2, 0.25) is 0 Å². The number of carbonyl (C=O) groups excluding carboxylic acids is 1. The summed E-state index contributed by atoms with van der Waals surface area (Å²) in [5.41, 5.74) is 5.44. The highest BCUT2D eigenvalue weighted by molar-refractivity contribution is 6.04. The molecule has 6 heteroatoms. The number of hydrogen-bond acceptors (Lipinski definition) is 4. The van der Waals surface area contributed by atoms with Crippen molar-refractivity contribution in [2.75, 3.05) is 10.6 Å². The zero-order chi connectivity index (χ0) is 24.7. The van der Waals surface area contributed by atoms with Crippen LogP contribution in [-0.2, 0) is 5.41 Å². The third kappa shape index (κ3) is 4.32. The lowest BCUT2D eigenvalue weighted by Gasteiger charge is -2.37. The molecule has 3 unspecified atom stereocenters. The van der Waals surface area contributed by atoms with E-state index in [0.717, 1.165) is 23.4 Å². The molecule has 3 aromatic rings. The van der Waals surface area contributed by atoms with Gasteiger partial charge < -0.3 is 10.6 Å². The lowest BCUT2D eigenvalue weighted by Crippen LogP contribution is -2.29. The van der Waals surface area contributed by atoms with Gasteiger partial charge in [-0.1, -0.05) is 63.3 Å². The number of carbonyl (C=O) groups is 1.